The van der Waals surface area contributed by atoms with Crippen molar-refractivity contribution in [3.05, 3.63) is 75.4 Å². The molecule has 1 aliphatic heterocycles. The average Bonchev–Trinajstić information content (AvgIpc) is 3.27. The van der Waals surface area contributed by atoms with Crippen LogP contribution in [0.25, 0.3) is 0 Å². The fourth-order valence-electron chi connectivity index (χ4n) is 2.91. The number of benzene rings is 2. The highest BCUT2D eigenvalue weighted by Crippen LogP contribution is 2.34. The van der Waals surface area contributed by atoms with Gasteiger partial charge in [0.1, 0.15) is 10.0 Å². The maximum absolute atomic E-state index is 12.8. The fourth-order valence-corrected chi connectivity index (χ4v) is 3.89. The van der Waals surface area contributed by atoms with Gasteiger partial charge in [0.05, 0.1) is 16.2 Å². The Morgan fingerprint density at radius 1 is 1.09 bits per heavy atom. The number of hydrogen-bond donors (Lipinski definition) is 2. The molecule has 168 valence electrons. The van der Waals surface area contributed by atoms with Gasteiger partial charge in [0.2, 0.25) is 12.7 Å². The number of aromatic nitrogens is 1. The van der Waals surface area contributed by atoms with Crippen LogP contribution >= 0.6 is 23.4 Å². The molecular weight excluding hydrogens is 472 g/mol. The third-order valence-corrected chi connectivity index (χ3v) is 5.74. The van der Waals surface area contributed by atoms with Crippen molar-refractivity contribution >= 4 is 52.2 Å². The lowest BCUT2D eigenvalue weighted by Gasteiger charge is -2.10. The number of carbonyl (C=O) groups is 2. The van der Waals surface area contributed by atoms with Gasteiger partial charge in [-0.3, -0.25) is 19.7 Å². The maximum atomic E-state index is 12.8. The lowest BCUT2D eigenvalue weighted by molar-refractivity contribution is -0.384. The normalized spacial score (nSPS) is 11.7. The van der Waals surface area contributed by atoms with Crippen molar-refractivity contribution in [2.45, 2.75) is 5.03 Å². The first-order valence-corrected chi connectivity index (χ1v) is 10.8. The second-order valence-corrected chi connectivity index (χ2v) is 8.01. The summed E-state index contributed by atoms with van der Waals surface area (Å²) in [6, 6.07) is 12.1. The molecule has 0 fully saturated rings. The van der Waals surface area contributed by atoms with Gasteiger partial charge in [-0.15, -0.1) is 0 Å². The molecule has 3 aromatic rings. The van der Waals surface area contributed by atoms with Gasteiger partial charge < -0.3 is 20.1 Å². The maximum Gasteiger partial charge on any atom is 0.289 e. The summed E-state index contributed by atoms with van der Waals surface area (Å²) in [6.45, 7) is 0.135. The van der Waals surface area contributed by atoms with Crippen molar-refractivity contribution in [1.82, 2.24) is 4.98 Å². The lowest BCUT2D eigenvalue weighted by Crippen LogP contribution is -2.16. The number of carbonyl (C=O) groups excluding carboxylic acids is 2. The van der Waals surface area contributed by atoms with E-state index in [9.17, 15) is 19.7 Å². The van der Waals surface area contributed by atoms with Crippen LogP contribution in [-0.4, -0.2) is 34.3 Å². The second-order valence-electron chi connectivity index (χ2n) is 6.64. The first-order valence-electron chi connectivity index (χ1n) is 9.43. The van der Waals surface area contributed by atoms with Crippen molar-refractivity contribution in [2.24, 2.45) is 0 Å². The number of anilines is 2. The number of halogens is 1. The Bertz CT molecular complexity index is 1260. The molecule has 1 aromatic heterocycles. The Labute approximate surface area is 196 Å². The summed E-state index contributed by atoms with van der Waals surface area (Å²) in [7, 11) is 0. The Kier molecular flexibility index (Phi) is 6.61. The van der Waals surface area contributed by atoms with E-state index in [0.29, 0.717) is 22.2 Å². The van der Waals surface area contributed by atoms with E-state index in [2.05, 4.69) is 15.6 Å². The van der Waals surface area contributed by atoms with E-state index < -0.39 is 10.8 Å². The van der Waals surface area contributed by atoms with E-state index in [1.165, 1.54) is 24.4 Å². The minimum absolute atomic E-state index is 0.00183. The number of pyridine rings is 1. The Morgan fingerprint density at radius 2 is 1.85 bits per heavy atom. The summed E-state index contributed by atoms with van der Waals surface area (Å²) < 4.78 is 10.5. The van der Waals surface area contributed by atoms with Gasteiger partial charge in [-0.25, -0.2) is 4.98 Å². The molecule has 33 heavy (non-hydrogen) atoms. The van der Waals surface area contributed by atoms with Crippen molar-refractivity contribution in [1.29, 1.82) is 0 Å². The van der Waals surface area contributed by atoms with Crippen LogP contribution in [-0.2, 0) is 4.79 Å². The summed E-state index contributed by atoms with van der Waals surface area (Å²) in [5, 5.41) is 16.7. The number of rotatable bonds is 7. The molecule has 2 N–H and O–H groups in total. The third-order valence-electron chi connectivity index (χ3n) is 4.41. The zero-order valence-electron chi connectivity index (χ0n) is 16.7. The number of hydrogen-bond acceptors (Lipinski definition) is 8. The quantitative estimate of drug-likeness (QED) is 0.286. The highest BCUT2D eigenvalue weighted by atomic mass is 35.5. The summed E-state index contributed by atoms with van der Waals surface area (Å²) >= 11 is 6.89. The predicted molar refractivity (Wildman–Crippen MR) is 122 cm³/mol. The largest absolute Gasteiger partial charge is 0.454 e. The van der Waals surface area contributed by atoms with Gasteiger partial charge in [-0.05, 0) is 36.4 Å². The monoisotopic (exact) mass is 486 g/mol. The van der Waals surface area contributed by atoms with E-state index in [1.54, 1.807) is 30.3 Å². The number of nitro benzene ring substituents is 1. The van der Waals surface area contributed by atoms with Crippen molar-refractivity contribution in [3.63, 3.8) is 0 Å². The van der Waals surface area contributed by atoms with E-state index in [-0.39, 0.29) is 40.4 Å². The molecule has 4 rings (SSSR count). The summed E-state index contributed by atoms with van der Waals surface area (Å²) in [5.74, 6) is 0.324. The van der Waals surface area contributed by atoms with E-state index in [0.717, 1.165) is 11.8 Å². The minimum atomic E-state index is -0.637. The van der Waals surface area contributed by atoms with Crippen molar-refractivity contribution < 1.29 is 24.0 Å². The second kappa shape index (κ2) is 9.76. The van der Waals surface area contributed by atoms with Gasteiger partial charge in [0.15, 0.2) is 11.5 Å². The topological polar surface area (TPSA) is 133 Å². The van der Waals surface area contributed by atoms with Gasteiger partial charge in [0, 0.05) is 29.7 Å². The minimum Gasteiger partial charge on any atom is -0.454 e. The van der Waals surface area contributed by atoms with Crippen molar-refractivity contribution in [2.75, 3.05) is 23.2 Å². The standard InChI is InChI=1S/C21H15ClN4O6S/c22-15-5-3-12(8-16(15)26(29)30)25-20(28)14-2-1-7-23-21(14)33-10-19(27)24-13-4-6-17-18(9-13)32-11-31-17/h1-9H,10-11H2,(H,24,27)(H,25,28). The Hall–Kier alpha value is -3.83. The molecule has 0 unspecified atom stereocenters. The Balaban J connectivity index is 1.41. The summed E-state index contributed by atoms with van der Waals surface area (Å²) in [5.41, 5.74) is 0.649. The highest BCUT2D eigenvalue weighted by molar-refractivity contribution is 8.00. The first-order chi connectivity index (χ1) is 15.9. The molecule has 2 amide bonds. The Morgan fingerprint density at radius 3 is 2.67 bits per heavy atom. The van der Waals surface area contributed by atoms with Crippen LogP contribution < -0.4 is 20.1 Å². The SMILES string of the molecule is O=C(CSc1ncccc1C(=O)Nc1ccc(Cl)c([N+](=O)[O-])c1)Nc1ccc2c(c1)OCO2. The van der Waals surface area contributed by atoms with Crippen LogP contribution in [0.5, 0.6) is 11.5 Å². The summed E-state index contributed by atoms with van der Waals surface area (Å²) in [4.78, 5) is 39.7. The number of nitrogens with zero attached hydrogens (tertiary/aromatic N) is 2. The van der Waals surface area contributed by atoms with Crippen LogP contribution in [0, 0.1) is 10.1 Å². The highest BCUT2D eigenvalue weighted by Gasteiger charge is 2.18. The van der Waals surface area contributed by atoms with Crippen LogP contribution in [0.1, 0.15) is 10.4 Å². The molecular formula is C21H15ClN4O6S. The number of nitro groups is 1. The van der Waals surface area contributed by atoms with Crippen LogP contribution in [0.3, 0.4) is 0 Å². The molecule has 0 atom stereocenters. The number of amides is 2. The first kappa shape index (κ1) is 22.4. The predicted octanol–water partition coefficient (Wildman–Crippen LogP) is 4.36. The number of thioether (sulfide) groups is 1. The molecule has 0 saturated heterocycles. The smallest absolute Gasteiger partial charge is 0.289 e. The van der Waals surface area contributed by atoms with Gasteiger partial charge in [-0.2, -0.15) is 0 Å². The summed E-state index contributed by atoms with van der Waals surface area (Å²) in [6.07, 6.45) is 1.50. The van der Waals surface area contributed by atoms with E-state index in [4.69, 9.17) is 21.1 Å². The molecule has 0 aliphatic carbocycles. The van der Waals surface area contributed by atoms with Gasteiger partial charge in [-0.1, -0.05) is 23.4 Å². The van der Waals surface area contributed by atoms with E-state index in [1.807, 2.05) is 0 Å². The zero-order valence-corrected chi connectivity index (χ0v) is 18.3. The van der Waals surface area contributed by atoms with Crippen LogP contribution in [0.15, 0.2) is 59.8 Å². The van der Waals surface area contributed by atoms with Gasteiger partial charge in [0.25, 0.3) is 11.6 Å². The molecule has 10 nitrogen and oxygen atoms in total. The molecule has 2 aromatic carbocycles. The molecule has 0 spiro atoms. The molecule has 0 saturated carbocycles. The molecule has 0 radical (unpaired) electrons. The number of nitrogens with one attached hydrogen (secondary N) is 2. The molecule has 12 heteroatoms. The van der Waals surface area contributed by atoms with Gasteiger partial charge >= 0.3 is 0 Å². The zero-order chi connectivity index (χ0) is 23.4. The number of ether oxygens (including phenoxy) is 2. The molecule has 0 bridgehead atoms. The average molecular weight is 487 g/mol. The van der Waals surface area contributed by atoms with Crippen molar-refractivity contribution in [3.8, 4) is 11.5 Å². The lowest BCUT2D eigenvalue weighted by atomic mass is 10.2. The van der Waals surface area contributed by atoms with E-state index >= 15 is 0 Å². The van der Waals surface area contributed by atoms with Crippen LogP contribution in [0.4, 0.5) is 17.1 Å². The van der Waals surface area contributed by atoms with Crippen LogP contribution in [0.2, 0.25) is 5.02 Å². The fraction of sp³-hybridized carbons (Fsp3) is 0.0952. The molecule has 1 aliphatic rings. The number of fused-ring (bicyclic) bond motifs is 1. The third kappa shape index (κ3) is 5.33. The molecule has 2 heterocycles.